The Balaban J connectivity index is 1.59. The van der Waals surface area contributed by atoms with Crippen molar-refractivity contribution in [1.82, 2.24) is 4.90 Å². The summed E-state index contributed by atoms with van der Waals surface area (Å²) in [5.41, 5.74) is 0. The van der Waals surface area contributed by atoms with E-state index in [0.29, 0.717) is 12.3 Å². The van der Waals surface area contributed by atoms with Gasteiger partial charge in [0.2, 0.25) is 5.91 Å². The molecular weight excluding hydrogens is 270 g/mol. The normalized spacial score (nSPS) is 18.1. The molecule has 1 fully saturated rings. The number of carbonyl (C=O) groups is 1. The van der Waals surface area contributed by atoms with E-state index in [4.69, 9.17) is 4.74 Å². The van der Waals surface area contributed by atoms with E-state index in [1.807, 2.05) is 29.8 Å². The number of thioether (sulfide) groups is 1. The molecule has 0 radical (unpaired) electrons. The Bertz CT molecular complexity index is 404. The lowest BCUT2D eigenvalue weighted by Gasteiger charge is -2.18. The van der Waals surface area contributed by atoms with Crippen LogP contribution in [0, 0.1) is 5.92 Å². The summed E-state index contributed by atoms with van der Waals surface area (Å²) < 4.78 is 5.31. The average molecular weight is 293 g/mol. The minimum Gasteiger partial charge on any atom is -0.381 e. The molecule has 0 unspecified atom stereocenters. The van der Waals surface area contributed by atoms with Crippen LogP contribution in [0.2, 0.25) is 0 Å². The predicted molar refractivity (Wildman–Crippen MR) is 83.0 cm³/mol. The van der Waals surface area contributed by atoms with Crippen molar-refractivity contribution in [2.24, 2.45) is 5.92 Å². The molecule has 0 saturated carbocycles. The van der Waals surface area contributed by atoms with Gasteiger partial charge in [-0.25, -0.2) is 0 Å². The van der Waals surface area contributed by atoms with Gasteiger partial charge >= 0.3 is 0 Å². The highest BCUT2D eigenvalue weighted by Crippen LogP contribution is 2.19. The van der Waals surface area contributed by atoms with Gasteiger partial charge in [-0.15, -0.1) is 11.8 Å². The molecule has 2 rings (SSSR count). The molecule has 1 aromatic carbocycles. The second-order valence-corrected chi connectivity index (χ2v) is 6.43. The van der Waals surface area contributed by atoms with Crippen molar-refractivity contribution in [2.75, 3.05) is 32.6 Å². The van der Waals surface area contributed by atoms with Crippen LogP contribution in [0.4, 0.5) is 0 Å². The minimum atomic E-state index is 0.255. The third-order valence-electron chi connectivity index (χ3n) is 3.56. The molecule has 0 bridgehead atoms. The fraction of sp³-hybridized carbons (Fsp3) is 0.562. The van der Waals surface area contributed by atoms with Crippen molar-refractivity contribution in [2.45, 2.75) is 24.2 Å². The summed E-state index contributed by atoms with van der Waals surface area (Å²) in [6.07, 6.45) is 2.70. The Labute approximate surface area is 125 Å². The van der Waals surface area contributed by atoms with Gasteiger partial charge in [-0.05, 0) is 36.6 Å². The second kappa shape index (κ2) is 8.32. The van der Waals surface area contributed by atoms with Gasteiger partial charge in [-0.1, -0.05) is 18.2 Å². The van der Waals surface area contributed by atoms with Gasteiger partial charge in [0.25, 0.3) is 0 Å². The minimum absolute atomic E-state index is 0.255. The average Bonchev–Trinajstić information content (AvgIpc) is 2.97. The van der Waals surface area contributed by atoms with Gasteiger partial charge in [-0.2, -0.15) is 0 Å². The van der Waals surface area contributed by atoms with E-state index in [9.17, 15) is 4.79 Å². The molecule has 0 spiro atoms. The first kappa shape index (κ1) is 15.4. The molecule has 1 atom stereocenters. The predicted octanol–water partition coefficient (Wildman–Crippen LogP) is 3.05. The molecule has 1 amide bonds. The zero-order chi connectivity index (χ0) is 14.2. The topological polar surface area (TPSA) is 29.5 Å². The number of ether oxygens (including phenoxy) is 1. The second-order valence-electron chi connectivity index (χ2n) is 5.26. The smallest absolute Gasteiger partial charge is 0.222 e. The van der Waals surface area contributed by atoms with E-state index in [-0.39, 0.29) is 5.91 Å². The molecule has 4 heteroatoms. The molecule has 0 N–H and O–H groups in total. The molecule has 1 aliphatic rings. The highest BCUT2D eigenvalue weighted by Gasteiger charge is 2.20. The van der Waals surface area contributed by atoms with E-state index < -0.39 is 0 Å². The van der Waals surface area contributed by atoms with E-state index in [1.54, 1.807) is 0 Å². The summed E-state index contributed by atoms with van der Waals surface area (Å²) in [5.74, 6) is 1.74. The van der Waals surface area contributed by atoms with Crippen LogP contribution in [0.25, 0.3) is 0 Å². The van der Waals surface area contributed by atoms with Crippen LogP contribution >= 0.6 is 11.8 Å². The van der Waals surface area contributed by atoms with Crippen LogP contribution in [0.3, 0.4) is 0 Å². The van der Waals surface area contributed by atoms with Crippen LogP contribution in [-0.4, -0.2) is 43.4 Å². The largest absolute Gasteiger partial charge is 0.381 e. The quantitative estimate of drug-likeness (QED) is 0.571. The Morgan fingerprint density at radius 3 is 2.90 bits per heavy atom. The summed E-state index contributed by atoms with van der Waals surface area (Å²) in [5, 5.41) is 0. The van der Waals surface area contributed by atoms with Gasteiger partial charge in [-0.3, -0.25) is 4.79 Å². The first-order chi connectivity index (χ1) is 9.75. The fourth-order valence-electron chi connectivity index (χ4n) is 2.28. The van der Waals surface area contributed by atoms with E-state index in [1.165, 1.54) is 4.90 Å². The number of rotatable bonds is 7. The van der Waals surface area contributed by atoms with Crippen molar-refractivity contribution in [3.8, 4) is 0 Å². The summed E-state index contributed by atoms with van der Waals surface area (Å²) in [6, 6.07) is 10.4. The number of nitrogens with zero attached hydrogens (tertiary/aromatic N) is 1. The van der Waals surface area contributed by atoms with Crippen molar-refractivity contribution in [3.05, 3.63) is 30.3 Å². The summed E-state index contributed by atoms with van der Waals surface area (Å²) in [6.45, 7) is 2.41. The molecule has 3 nitrogen and oxygen atoms in total. The molecule has 0 aliphatic carbocycles. The Kier molecular flexibility index (Phi) is 6.40. The third kappa shape index (κ3) is 5.17. The Hall–Kier alpha value is -1.00. The van der Waals surface area contributed by atoms with Gasteiger partial charge in [0, 0.05) is 38.1 Å². The lowest BCUT2D eigenvalue weighted by Crippen LogP contribution is -2.29. The van der Waals surface area contributed by atoms with Crippen LogP contribution < -0.4 is 0 Å². The molecular formula is C16H23NO2S. The Morgan fingerprint density at radius 2 is 2.20 bits per heavy atom. The molecule has 110 valence electrons. The van der Waals surface area contributed by atoms with Crippen LogP contribution in [0.5, 0.6) is 0 Å². The first-order valence-corrected chi connectivity index (χ1v) is 8.24. The molecule has 0 aromatic heterocycles. The first-order valence-electron chi connectivity index (χ1n) is 7.25. The van der Waals surface area contributed by atoms with Gasteiger partial charge < -0.3 is 9.64 Å². The van der Waals surface area contributed by atoms with Crippen molar-refractivity contribution in [3.63, 3.8) is 0 Å². The molecule has 20 heavy (non-hydrogen) atoms. The SMILES string of the molecule is CN(CCCSc1ccccc1)C(=O)C[C@H]1CCOC1. The summed E-state index contributed by atoms with van der Waals surface area (Å²) in [7, 11) is 1.91. The molecule has 1 aromatic rings. The maximum absolute atomic E-state index is 12.0. The van der Waals surface area contributed by atoms with Crippen LogP contribution in [0.15, 0.2) is 35.2 Å². The fourth-order valence-corrected chi connectivity index (χ4v) is 3.14. The number of carbonyl (C=O) groups excluding carboxylic acids is 1. The zero-order valence-electron chi connectivity index (χ0n) is 12.1. The van der Waals surface area contributed by atoms with Gasteiger partial charge in [0.1, 0.15) is 0 Å². The number of amides is 1. The number of hydrogen-bond acceptors (Lipinski definition) is 3. The summed E-state index contributed by atoms with van der Waals surface area (Å²) >= 11 is 1.85. The molecule has 1 aliphatic heterocycles. The maximum Gasteiger partial charge on any atom is 0.222 e. The Morgan fingerprint density at radius 1 is 1.40 bits per heavy atom. The lowest BCUT2D eigenvalue weighted by molar-refractivity contribution is -0.130. The standard InChI is InChI=1S/C16H23NO2S/c1-17(16(18)12-14-8-10-19-13-14)9-5-11-20-15-6-3-2-4-7-15/h2-4,6-7,14H,5,8-13H2,1H3/t14-/m1/s1. The number of benzene rings is 1. The maximum atomic E-state index is 12.0. The highest BCUT2D eigenvalue weighted by molar-refractivity contribution is 7.99. The van der Waals surface area contributed by atoms with Crippen LogP contribution in [-0.2, 0) is 9.53 Å². The van der Waals surface area contributed by atoms with E-state index in [0.717, 1.165) is 38.4 Å². The van der Waals surface area contributed by atoms with E-state index >= 15 is 0 Å². The monoisotopic (exact) mass is 293 g/mol. The lowest BCUT2D eigenvalue weighted by atomic mass is 10.0. The highest BCUT2D eigenvalue weighted by atomic mass is 32.2. The summed E-state index contributed by atoms with van der Waals surface area (Å²) in [4.78, 5) is 15.2. The van der Waals surface area contributed by atoms with Gasteiger partial charge in [0.15, 0.2) is 0 Å². The van der Waals surface area contributed by atoms with Crippen LogP contribution in [0.1, 0.15) is 19.3 Å². The van der Waals surface area contributed by atoms with Crippen molar-refractivity contribution >= 4 is 17.7 Å². The molecule has 1 saturated heterocycles. The van der Waals surface area contributed by atoms with Crippen molar-refractivity contribution < 1.29 is 9.53 Å². The zero-order valence-corrected chi connectivity index (χ0v) is 12.9. The number of hydrogen-bond donors (Lipinski definition) is 0. The van der Waals surface area contributed by atoms with Gasteiger partial charge in [0.05, 0.1) is 0 Å². The molecule has 1 heterocycles. The van der Waals surface area contributed by atoms with Crippen molar-refractivity contribution in [1.29, 1.82) is 0 Å². The third-order valence-corrected chi connectivity index (χ3v) is 4.66. The van der Waals surface area contributed by atoms with E-state index in [2.05, 4.69) is 24.3 Å².